The van der Waals surface area contributed by atoms with E-state index in [0.29, 0.717) is 24.1 Å². The van der Waals surface area contributed by atoms with Gasteiger partial charge in [-0.2, -0.15) is 5.10 Å². The summed E-state index contributed by atoms with van der Waals surface area (Å²) < 4.78 is 34.5. The van der Waals surface area contributed by atoms with E-state index in [1.807, 2.05) is 0 Å². The molecule has 5 rings (SSSR count). The van der Waals surface area contributed by atoms with E-state index in [1.165, 1.54) is 16.8 Å². The Labute approximate surface area is 174 Å². The Morgan fingerprint density at radius 3 is 3.03 bits per heavy atom. The number of rotatable bonds is 6. The van der Waals surface area contributed by atoms with Crippen molar-refractivity contribution in [1.29, 1.82) is 0 Å². The number of methoxy groups -OCH3 is 1. The highest BCUT2D eigenvalue weighted by molar-refractivity contribution is 5.94. The number of ether oxygens (including phenoxy) is 1. The Balaban J connectivity index is 1.39. The number of aromatic nitrogens is 2. The highest BCUT2D eigenvalue weighted by atomic mass is 19.1. The van der Waals surface area contributed by atoms with Crippen molar-refractivity contribution in [2.75, 3.05) is 33.4 Å². The number of piperidine rings is 1. The maximum absolute atomic E-state index is 14.5. The number of hydrogen-bond acceptors (Lipinski definition) is 4. The van der Waals surface area contributed by atoms with Crippen LogP contribution in [0.3, 0.4) is 0 Å². The molecule has 1 amide bonds. The first-order valence-electron chi connectivity index (χ1n) is 10.6. The van der Waals surface area contributed by atoms with Gasteiger partial charge >= 0.3 is 0 Å². The maximum atomic E-state index is 14.5. The molecule has 1 saturated heterocycles. The van der Waals surface area contributed by atoms with Crippen LogP contribution in [0.1, 0.15) is 46.9 Å². The Kier molecular flexibility index (Phi) is 5.06. The fourth-order valence-electron chi connectivity index (χ4n) is 4.99. The lowest BCUT2D eigenvalue weighted by Crippen LogP contribution is -2.48. The molecule has 1 N–H and O–H groups in total. The van der Waals surface area contributed by atoms with Gasteiger partial charge in [0.25, 0.3) is 5.91 Å². The molecule has 160 valence electrons. The van der Waals surface area contributed by atoms with Crippen LogP contribution >= 0.6 is 0 Å². The van der Waals surface area contributed by atoms with E-state index in [9.17, 15) is 13.6 Å². The van der Waals surface area contributed by atoms with Gasteiger partial charge < -0.3 is 10.1 Å². The van der Waals surface area contributed by atoms with Gasteiger partial charge in [0.05, 0.1) is 12.3 Å². The zero-order chi connectivity index (χ0) is 20.8. The molecule has 0 unspecified atom stereocenters. The molecule has 1 aromatic heterocycles. The van der Waals surface area contributed by atoms with Gasteiger partial charge in [-0.25, -0.2) is 13.5 Å². The van der Waals surface area contributed by atoms with Crippen molar-refractivity contribution in [3.63, 3.8) is 0 Å². The average Bonchev–Trinajstić information content (AvgIpc) is 3.22. The van der Waals surface area contributed by atoms with Crippen molar-refractivity contribution in [2.45, 2.75) is 37.6 Å². The van der Waals surface area contributed by atoms with E-state index < -0.39 is 11.6 Å². The minimum atomic E-state index is -0.669. The fraction of sp³-hybridized carbons (Fsp3) is 0.545. The lowest BCUT2D eigenvalue weighted by Gasteiger charge is -2.32. The Hall–Kier alpha value is -2.32. The zero-order valence-electron chi connectivity index (χ0n) is 17.0. The second-order valence-electron chi connectivity index (χ2n) is 8.63. The molecule has 3 aliphatic rings. The number of carbonyl (C=O) groups is 1. The third kappa shape index (κ3) is 3.52. The number of halogens is 2. The molecule has 2 heterocycles. The Morgan fingerprint density at radius 1 is 1.37 bits per heavy atom. The SMILES string of the molecule is COCCN1CCC[C@H](NC(=O)c2nn(-c3ccc(F)cc3F)c3c2C[C@H]2C[C@@H]32)C1. The molecular formula is C22H26F2N4O2. The first kappa shape index (κ1) is 19.6. The molecule has 0 spiro atoms. The van der Waals surface area contributed by atoms with E-state index in [-0.39, 0.29) is 17.6 Å². The lowest BCUT2D eigenvalue weighted by molar-refractivity contribution is 0.0872. The van der Waals surface area contributed by atoms with Crippen LogP contribution < -0.4 is 5.32 Å². The first-order chi connectivity index (χ1) is 14.5. The number of fused-ring (bicyclic) bond motifs is 3. The van der Waals surface area contributed by atoms with Crippen LogP contribution in [0.15, 0.2) is 18.2 Å². The van der Waals surface area contributed by atoms with Crippen LogP contribution in [0.5, 0.6) is 0 Å². The van der Waals surface area contributed by atoms with Crippen LogP contribution in [-0.4, -0.2) is 60.0 Å². The number of likely N-dealkylation sites (tertiary alicyclic amines) is 1. The Morgan fingerprint density at radius 2 is 2.23 bits per heavy atom. The molecule has 0 radical (unpaired) electrons. The van der Waals surface area contributed by atoms with Crippen LogP contribution in [0, 0.1) is 17.6 Å². The van der Waals surface area contributed by atoms with Crippen molar-refractivity contribution in [3.8, 4) is 5.69 Å². The second kappa shape index (κ2) is 7.74. The van der Waals surface area contributed by atoms with E-state index in [4.69, 9.17) is 4.74 Å². The quantitative estimate of drug-likeness (QED) is 0.787. The van der Waals surface area contributed by atoms with E-state index in [0.717, 1.165) is 62.6 Å². The number of benzene rings is 1. The van der Waals surface area contributed by atoms with Gasteiger partial charge in [0, 0.05) is 43.8 Å². The fourth-order valence-corrected chi connectivity index (χ4v) is 4.99. The van der Waals surface area contributed by atoms with Crippen molar-refractivity contribution < 1.29 is 18.3 Å². The van der Waals surface area contributed by atoms with E-state index in [1.54, 1.807) is 7.11 Å². The smallest absolute Gasteiger partial charge is 0.272 e. The van der Waals surface area contributed by atoms with Crippen molar-refractivity contribution in [1.82, 2.24) is 20.0 Å². The molecule has 3 atom stereocenters. The number of hydrogen-bond donors (Lipinski definition) is 1. The van der Waals surface area contributed by atoms with Gasteiger partial charge in [-0.3, -0.25) is 9.69 Å². The zero-order valence-corrected chi connectivity index (χ0v) is 17.0. The lowest BCUT2D eigenvalue weighted by atomic mass is 10.0. The van der Waals surface area contributed by atoms with Gasteiger partial charge in [0.1, 0.15) is 11.5 Å². The van der Waals surface area contributed by atoms with Crippen molar-refractivity contribution in [2.24, 2.45) is 5.92 Å². The number of nitrogens with one attached hydrogen (secondary N) is 1. The molecule has 2 aromatic rings. The average molecular weight is 416 g/mol. The molecule has 1 aliphatic heterocycles. The molecule has 1 aromatic carbocycles. The van der Waals surface area contributed by atoms with Crippen molar-refractivity contribution in [3.05, 3.63) is 46.8 Å². The van der Waals surface area contributed by atoms with Gasteiger partial charge in [-0.15, -0.1) is 0 Å². The monoisotopic (exact) mass is 416 g/mol. The maximum Gasteiger partial charge on any atom is 0.272 e. The van der Waals surface area contributed by atoms with Gasteiger partial charge in [-0.05, 0) is 50.3 Å². The van der Waals surface area contributed by atoms with E-state index >= 15 is 0 Å². The molecule has 1 saturated carbocycles. The van der Waals surface area contributed by atoms with Gasteiger partial charge in [-0.1, -0.05) is 0 Å². The highest BCUT2D eigenvalue weighted by Crippen LogP contribution is 2.57. The van der Waals surface area contributed by atoms with E-state index in [2.05, 4.69) is 15.3 Å². The first-order valence-corrected chi connectivity index (χ1v) is 10.6. The summed E-state index contributed by atoms with van der Waals surface area (Å²) >= 11 is 0. The topological polar surface area (TPSA) is 59.4 Å². The molecular weight excluding hydrogens is 390 g/mol. The molecule has 2 fully saturated rings. The minimum absolute atomic E-state index is 0.0578. The summed E-state index contributed by atoms with van der Waals surface area (Å²) in [4.78, 5) is 15.4. The molecule has 2 aliphatic carbocycles. The van der Waals surface area contributed by atoms with Gasteiger partial charge in [0.2, 0.25) is 0 Å². The molecule has 8 heteroatoms. The third-order valence-electron chi connectivity index (χ3n) is 6.57. The summed E-state index contributed by atoms with van der Waals surface area (Å²) in [5.74, 6) is -0.668. The summed E-state index contributed by atoms with van der Waals surface area (Å²) in [5.41, 5.74) is 2.42. The summed E-state index contributed by atoms with van der Waals surface area (Å²) in [6.07, 6.45) is 3.79. The summed E-state index contributed by atoms with van der Waals surface area (Å²) in [7, 11) is 1.69. The largest absolute Gasteiger partial charge is 0.383 e. The van der Waals surface area contributed by atoms with Gasteiger partial charge in [0.15, 0.2) is 11.5 Å². The van der Waals surface area contributed by atoms with Crippen molar-refractivity contribution >= 4 is 5.91 Å². The van der Waals surface area contributed by atoms with Crippen LogP contribution in [-0.2, 0) is 11.2 Å². The summed E-state index contributed by atoms with van der Waals surface area (Å²) in [6.45, 7) is 3.31. The predicted molar refractivity (Wildman–Crippen MR) is 107 cm³/mol. The molecule has 30 heavy (non-hydrogen) atoms. The highest BCUT2D eigenvalue weighted by Gasteiger charge is 2.50. The standard InChI is InChI=1S/C22H26F2N4O2/c1-30-8-7-27-6-2-3-15(12-27)25-22(29)20-17-10-13-9-16(13)21(17)28(26-20)19-5-4-14(23)11-18(19)24/h4-5,11,13,15-16H,2-3,6-10,12H2,1H3,(H,25,29)/t13-,15+,16-/m1/s1. The number of carbonyl (C=O) groups excluding carboxylic acids is 1. The third-order valence-corrected chi connectivity index (χ3v) is 6.57. The number of amides is 1. The normalized spacial score (nSPS) is 25.1. The predicted octanol–water partition coefficient (Wildman–Crippen LogP) is 2.65. The summed E-state index contributed by atoms with van der Waals surface area (Å²) in [5, 5.41) is 7.65. The molecule has 6 nitrogen and oxygen atoms in total. The Bertz CT molecular complexity index is 976. The van der Waals surface area contributed by atoms with Crippen LogP contribution in [0.2, 0.25) is 0 Å². The molecule has 0 bridgehead atoms. The summed E-state index contributed by atoms with van der Waals surface area (Å²) in [6, 6.07) is 3.54. The number of nitrogens with zero attached hydrogens (tertiary/aromatic N) is 3. The van der Waals surface area contributed by atoms with Crippen LogP contribution in [0.4, 0.5) is 8.78 Å². The second-order valence-corrected chi connectivity index (χ2v) is 8.63. The minimum Gasteiger partial charge on any atom is -0.383 e. The van der Waals surface area contributed by atoms with Crippen LogP contribution in [0.25, 0.3) is 5.69 Å².